The first-order valence-electron chi connectivity index (χ1n) is 7.41. The number of hydrogen-bond donors (Lipinski definition) is 1. The molecule has 8 heteroatoms. The Kier molecular flexibility index (Phi) is 5.37. The fourth-order valence-corrected chi connectivity index (χ4v) is 2.63. The van der Waals surface area contributed by atoms with E-state index in [0.29, 0.717) is 4.47 Å². The number of benzene rings is 1. The van der Waals surface area contributed by atoms with Crippen LogP contribution >= 0.6 is 15.9 Å². The van der Waals surface area contributed by atoms with Gasteiger partial charge in [0.05, 0.1) is 11.0 Å². The second kappa shape index (κ2) is 6.96. The van der Waals surface area contributed by atoms with Gasteiger partial charge in [-0.3, -0.25) is 4.90 Å². The molecule has 1 aliphatic rings. The van der Waals surface area contributed by atoms with Gasteiger partial charge in [0.15, 0.2) is 0 Å². The number of halogens is 2. The molecule has 1 aromatic carbocycles. The van der Waals surface area contributed by atoms with Crippen molar-refractivity contribution < 1.29 is 28.6 Å². The van der Waals surface area contributed by atoms with Gasteiger partial charge in [-0.2, -0.15) is 0 Å². The highest BCUT2D eigenvalue weighted by molar-refractivity contribution is 9.10. The van der Waals surface area contributed by atoms with Crippen molar-refractivity contribution >= 4 is 28.0 Å². The highest BCUT2D eigenvalue weighted by atomic mass is 79.9. The van der Waals surface area contributed by atoms with Crippen LogP contribution in [0.5, 0.6) is 5.75 Å². The minimum Gasteiger partial charge on any atom is -0.488 e. The maximum atomic E-state index is 13.5. The third-order valence-electron chi connectivity index (χ3n) is 3.37. The lowest BCUT2D eigenvalue weighted by Gasteiger charge is -2.26. The normalized spacial score (nSPS) is 20.8. The van der Waals surface area contributed by atoms with Crippen LogP contribution in [0, 0.1) is 5.82 Å². The molecule has 0 aromatic heterocycles. The lowest BCUT2D eigenvalue weighted by atomic mass is 10.2. The van der Waals surface area contributed by atoms with Crippen LogP contribution in [-0.4, -0.2) is 46.4 Å². The average Bonchev–Trinajstić information content (AvgIpc) is 2.85. The smallest absolute Gasteiger partial charge is 0.411 e. The lowest BCUT2D eigenvalue weighted by Crippen LogP contribution is -2.43. The van der Waals surface area contributed by atoms with E-state index in [1.807, 2.05) is 0 Å². The Bertz CT molecular complexity index is 646. The van der Waals surface area contributed by atoms with E-state index in [-0.39, 0.29) is 18.7 Å². The number of carboxylic acids is 1. The fourth-order valence-electron chi connectivity index (χ4n) is 2.38. The van der Waals surface area contributed by atoms with E-state index in [1.54, 1.807) is 26.8 Å². The van der Waals surface area contributed by atoms with Crippen molar-refractivity contribution in [2.24, 2.45) is 0 Å². The van der Waals surface area contributed by atoms with Crippen molar-refractivity contribution in [1.29, 1.82) is 0 Å². The van der Waals surface area contributed by atoms with E-state index in [2.05, 4.69) is 15.9 Å². The molecule has 1 aliphatic heterocycles. The number of carbonyl (C=O) groups excluding carboxylic acids is 1. The number of hydrogen-bond acceptors (Lipinski definition) is 4. The molecule has 2 atom stereocenters. The Morgan fingerprint density at radius 2 is 2.04 bits per heavy atom. The van der Waals surface area contributed by atoms with Crippen LogP contribution in [0.25, 0.3) is 0 Å². The van der Waals surface area contributed by atoms with E-state index in [0.717, 1.165) is 4.90 Å². The predicted molar refractivity (Wildman–Crippen MR) is 87.5 cm³/mol. The lowest BCUT2D eigenvalue weighted by molar-refractivity contribution is -0.142. The largest absolute Gasteiger partial charge is 0.488 e. The van der Waals surface area contributed by atoms with E-state index >= 15 is 0 Å². The van der Waals surface area contributed by atoms with Gasteiger partial charge in [-0.05, 0) is 48.8 Å². The molecule has 1 heterocycles. The molecule has 1 N–H and O–H groups in total. The number of amides is 1. The summed E-state index contributed by atoms with van der Waals surface area (Å²) < 4.78 is 24.7. The maximum absolute atomic E-state index is 13.5. The van der Waals surface area contributed by atoms with Gasteiger partial charge in [-0.15, -0.1) is 0 Å². The Balaban J connectivity index is 2.10. The number of likely N-dealkylation sites (tertiary alicyclic amines) is 1. The van der Waals surface area contributed by atoms with Gasteiger partial charge in [0.2, 0.25) is 0 Å². The first-order chi connectivity index (χ1) is 11.1. The van der Waals surface area contributed by atoms with Crippen molar-refractivity contribution in [1.82, 2.24) is 4.90 Å². The second-order valence-electron chi connectivity index (χ2n) is 6.54. The third-order valence-corrected chi connectivity index (χ3v) is 4.01. The molecule has 0 bridgehead atoms. The minimum absolute atomic E-state index is 0.0591. The van der Waals surface area contributed by atoms with E-state index in [1.165, 1.54) is 12.1 Å². The van der Waals surface area contributed by atoms with Crippen LogP contribution < -0.4 is 4.74 Å². The van der Waals surface area contributed by atoms with Crippen LogP contribution in [-0.2, 0) is 9.53 Å². The SMILES string of the molecule is CC(C)(C)OC(=O)N1C[C@@H](Oc2ccc(Br)c(F)c2)C[C@H]1C(=O)O. The highest BCUT2D eigenvalue weighted by Gasteiger charge is 2.42. The fraction of sp³-hybridized carbons (Fsp3) is 0.500. The minimum atomic E-state index is -1.13. The topological polar surface area (TPSA) is 76.1 Å². The number of carbonyl (C=O) groups is 2. The quantitative estimate of drug-likeness (QED) is 0.836. The summed E-state index contributed by atoms with van der Waals surface area (Å²) in [6.45, 7) is 5.17. The average molecular weight is 404 g/mol. The molecular formula is C16H19BrFNO5. The summed E-state index contributed by atoms with van der Waals surface area (Å²) in [5.74, 6) is -1.34. The van der Waals surface area contributed by atoms with Gasteiger partial charge in [0.1, 0.15) is 29.3 Å². The van der Waals surface area contributed by atoms with Crippen LogP contribution in [0.4, 0.5) is 9.18 Å². The molecule has 24 heavy (non-hydrogen) atoms. The molecule has 0 spiro atoms. The molecule has 1 amide bonds. The standard InChI is InChI=1S/C16H19BrFNO5/c1-16(2,3)24-15(22)19-8-10(7-13(19)14(20)21)23-9-4-5-11(17)12(18)6-9/h4-6,10,13H,7-8H2,1-3H3,(H,20,21)/t10-,13-/m0/s1. The molecule has 0 saturated carbocycles. The number of rotatable bonds is 3. The monoisotopic (exact) mass is 403 g/mol. The van der Waals surface area contributed by atoms with E-state index < -0.39 is 35.6 Å². The van der Waals surface area contributed by atoms with Gasteiger partial charge in [0.25, 0.3) is 0 Å². The first-order valence-corrected chi connectivity index (χ1v) is 8.20. The second-order valence-corrected chi connectivity index (χ2v) is 7.39. The summed E-state index contributed by atoms with van der Waals surface area (Å²) in [4.78, 5) is 24.7. The van der Waals surface area contributed by atoms with Crippen LogP contribution in [0.15, 0.2) is 22.7 Å². The molecule has 1 saturated heterocycles. The summed E-state index contributed by atoms with van der Waals surface area (Å²) in [5.41, 5.74) is -0.728. The number of nitrogens with zero attached hydrogens (tertiary/aromatic N) is 1. The molecule has 2 rings (SSSR count). The van der Waals surface area contributed by atoms with Crippen LogP contribution in [0.3, 0.4) is 0 Å². The molecule has 0 aliphatic carbocycles. The Hall–Kier alpha value is -1.83. The zero-order valence-corrected chi connectivity index (χ0v) is 15.2. The molecule has 6 nitrogen and oxygen atoms in total. The van der Waals surface area contributed by atoms with Gasteiger partial charge >= 0.3 is 12.1 Å². The molecule has 0 unspecified atom stereocenters. The molecule has 1 fully saturated rings. The van der Waals surface area contributed by atoms with E-state index in [9.17, 15) is 19.1 Å². The number of carboxylic acid groups (broad SMARTS) is 1. The zero-order chi connectivity index (χ0) is 18.1. The Labute approximate surface area is 147 Å². The zero-order valence-electron chi connectivity index (χ0n) is 13.6. The summed E-state index contributed by atoms with van der Waals surface area (Å²) >= 11 is 3.05. The maximum Gasteiger partial charge on any atom is 0.411 e. The van der Waals surface area contributed by atoms with Crippen molar-refractivity contribution in [2.75, 3.05) is 6.54 Å². The first kappa shape index (κ1) is 18.5. The van der Waals surface area contributed by atoms with Crippen molar-refractivity contribution in [3.05, 3.63) is 28.5 Å². The summed E-state index contributed by atoms with van der Waals surface area (Å²) in [7, 11) is 0. The number of ether oxygens (including phenoxy) is 2. The molecule has 132 valence electrons. The van der Waals surface area contributed by atoms with Crippen LogP contribution in [0.1, 0.15) is 27.2 Å². The van der Waals surface area contributed by atoms with Gasteiger partial charge in [-0.1, -0.05) is 0 Å². The molecular weight excluding hydrogens is 385 g/mol. The van der Waals surface area contributed by atoms with Gasteiger partial charge in [-0.25, -0.2) is 14.0 Å². The van der Waals surface area contributed by atoms with E-state index in [4.69, 9.17) is 9.47 Å². The predicted octanol–water partition coefficient (Wildman–Crippen LogP) is 3.43. The van der Waals surface area contributed by atoms with Crippen molar-refractivity contribution in [3.63, 3.8) is 0 Å². The van der Waals surface area contributed by atoms with Crippen molar-refractivity contribution in [2.45, 2.75) is 44.9 Å². The molecule has 0 radical (unpaired) electrons. The van der Waals surface area contributed by atoms with Crippen molar-refractivity contribution in [3.8, 4) is 5.75 Å². The van der Waals surface area contributed by atoms with Gasteiger partial charge in [0, 0.05) is 12.5 Å². The summed E-state index contributed by atoms with van der Waals surface area (Å²) in [6.07, 6.45) is -1.16. The summed E-state index contributed by atoms with van der Waals surface area (Å²) in [6, 6.07) is 3.24. The van der Waals surface area contributed by atoms with Gasteiger partial charge < -0.3 is 14.6 Å². The summed E-state index contributed by atoms with van der Waals surface area (Å²) in [5, 5.41) is 9.32. The number of aliphatic carboxylic acids is 1. The highest BCUT2D eigenvalue weighted by Crippen LogP contribution is 2.27. The van der Waals surface area contributed by atoms with Crippen LogP contribution in [0.2, 0.25) is 0 Å². The molecule has 1 aromatic rings. The Morgan fingerprint density at radius 1 is 1.38 bits per heavy atom. The Morgan fingerprint density at radius 3 is 2.58 bits per heavy atom. The third kappa shape index (κ3) is 4.59.